The molecule has 1 N–H and O–H groups in total. The second-order valence-electron chi connectivity index (χ2n) is 6.39. The monoisotopic (exact) mass is 336 g/mol. The maximum Gasteiger partial charge on any atom is 0.245 e. The van der Waals surface area contributed by atoms with E-state index in [2.05, 4.69) is 10.4 Å². The van der Waals surface area contributed by atoms with Crippen LogP contribution >= 0.6 is 0 Å². The number of nitrogens with one attached hydrogen (secondary N) is 1. The maximum absolute atomic E-state index is 12.7. The standard InChI is InChI=1S/C17H28N4O3/c1-13-10-14(2)21(19-13)11-17(23)20-9-5-4-6-15(20)7-8-18-16(22)12-24-3/h10,15H,4-9,11-12H2,1-3H3,(H,18,22)/t15-/m1/s1. The van der Waals surface area contributed by atoms with Crippen LogP contribution in [0.15, 0.2) is 6.07 Å². The van der Waals surface area contributed by atoms with Gasteiger partial charge in [-0.25, -0.2) is 0 Å². The molecule has 0 radical (unpaired) electrons. The molecule has 2 heterocycles. The summed E-state index contributed by atoms with van der Waals surface area (Å²) < 4.78 is 6.57. The van der Waals surface area contributed by atoms with Crippen LogP contribution in [0.25, 0.3) is 0 Å². The number of aryl methyl sites for hydroxylation is 2. The van der Waals surface area contributed by atoms with E-state index in [4.69, 9.17) is 4.74 Å². The Bertz CT molecular complexity index is 570. The van der Waals surface area contributed by atoms with Crippen LogP contribution in [0, 0.1) is 13.8 Å². The number of nitrogens with zero attached hydrogens (tertiary/aromatic N) is 3. The van der Waals surface area contributed by atoms with Crippen molar-refractivity contribution in [3.8, 4) is 0 Å². The van der Waals surface area contributed by atoms with Gasteiger partial charge in [-0.3, -0.25) is 14.3 Å². The number of piperidine rings is 1. The number of hydrogen-bond donors (Lipinski definition) is 1. The van der Waals surface area contributed by atoms with Crippen LogP contribution in [-0.4, -0.2) is 59.3 Å². The van der Waals surface area contributed by atoms with Gasteiger partial charge in [0.25, 0.3) is 0 Å². The second-order valence-corrected chi connectivity index (χ2v) is 6.39. The first-order chi connectivity index (χ1) is 11.5. The molecular weight excluding hydrogens is 308 g/mol. The summed E-state index contributed by atoms with van der Waals surface area (Å²) >= 11 is 0. The summed E-state index contributed by atoms with van der Waals surface area (Å²) in [6.45, 7) is 5.61. The predicted molar refractivity (Wildman–Crippen MR) is 90.6 cm³/mol. The van der Waals surface area contributed by atoms with Gasteiger partial charge in [0.1, 0.15) is 13.2 Å². The molecule has 1 aliphatic heterocycles. The Morgan fingerprint density at radius 3 is 2.83 bits per heavy atom. The average molecular weight is 336 g/mol. The van der Waals surface area contributed by atoms with Crippen molar-refractivity contribution in [2.45, 2.75) is 52.1 Å². The SMILES string of the molecule is COCC(=O)NCC[C@H]1CCCCN1C(=O)Cn1nc(C)cc1C. The summed E-state index contributed by atoms with van der Waals surface area (Å²) in [7, 11) is 1.50. The van der Waals surface area contributed by atoms with Crippen molar-refractivity contribution in [2.24, 2.45) is 0 Å². The lowest BCUT2D eigenvalue weighted by atomic mass is 9.99. The van der Waals surface area contributed by atoms with E-state index >= 15 is 0 Å². The van der Waals surface area contributed by atoms with Gasteiger partial charge in [-0.15, -0.1) is 0 Å². The predicted octanol–water partition coefficient (Wildman–Crippen LogP) is 1.03. The van der Waals surface area contributed by atoms with Crippen LogP contribution in [0.2, 0.25) is 0 Å². The Kier molecular flexibility index (Phi) is 6.78. The first-order valence-corrected chi connectivity index (χ1v) is 8.57. The molecule has 0 unspecified atom stereocenters. The molecule has 0 aromatic carbocycles. The third-order valence-corrected chi connectivity index (χ3v) is 4.41. The Balaban J connectivity index is 1.89. The van der Waals surface area contributed by atoms with Crippen molar-refractivity contribution in [1.82, 2.24) is 20.0 Å². The highest BCUT2D eigenvalue weighted by molar-refractivity contribution is 5.77. The molecule has 24 heavy (non-hydrogen) atoms. The van der Waals surface area contributed by atoms with Crippen LogP contribution in [0.1, 0.15) is 37.1 Å². The normalized spacial score (nSPS) is 17.8. The molecule has 1 fully saturated rings. The van der Waals surface area contributed by atoms with Gasteiger partial charge in [-0.2, -0.15) is 5.10 Å². The topological polar surface area (TPSA) is 76.5 Å². The van der Waals surface area contributed by atoms with Gasteiger partial charge in [-0.05, 0) is 45.6 Å². The molecule has 1 atom stereocenters. The fraction of sp³-hybridized carbons (Fsp3) is 0.706. The molecular formula is C17H28N4O3. The van der Waals surface area contributed by atoms with Crippen molar-refractivity contribution in [3.63, 3.8) is 0 Å². The molecule has 7 heteroatoms. The lowest BCUT2D eigenvalue weighted by Gasteiger charge is -2.36. The summed E-state index contributed by atoms with van der Waals surface area (Å²) in [6, 6.07) is 2.16. The Morgan fingerprint density at radius 1 is 1.38 bits per heavy atom. The number of carbonyl (C=O) groups is 2. The molecule has 7 nitrogen and oxygen atoms in total. The minimum Gasteiger partial charge on any atom is -0.375 e. The zero-order valence-corrected chi connectivity index (χ0v) is 14.9. The van der Waals surface area contributed by atoms with Crippen molar-refractivity contribution in [3.05, 3.63) is 17.5 Å². The smallest absolute Gasteiger partial charge is 0.245 e. The first-order valence-electron chi connectivity index (χ1n) is 8.57. The highest BCUT2D eigenvalue weighted by Gasteiger charge is 2.26. The third kappa shape index (κ3) is 5.06. The number of aromatic nitrogens is 2. The Hall–Kier alpha value is -1.89. The molecule has 0 aliphatic carbocycles. The third-order valence-electron chi connectivity index (χ3n) is 4.41. The first kappa shape index (κ1) is 18.4. The maximum atomic E-state index is 12.7. The minimum absolute atomic E-state index is 0.0746. The zero-order valence-electron chi connectivity index (χ0n) is 14.9. The highest BCUT2D eigenvalue weighted by atomic mass is 16.5. The van der Waals surface area contributed by atoms with Crippen LogP contribution in [-0.2, 0) is 20.9 Å². The van der Waals surface area contributed by atoms with Gasteiger partial charge in [-0.1, -0.05) is 0 Å². The van der Waals surface area contributed by atoms with E-state index in [1.807, 2.05) is 24.8 Å². The van der Waals surface area contributed by atoms with Crippen LogP contribution in [0.3, 0.4) is 0 Å². The zero-order chi connectivity index (χ0) is 17.5. The molecule has 2 amide bonds. The van der Waals surface area contributed by atoms with E-state index < -0.39 is 0 Å². The van der Waals surface area contributed by atoms with E-state index in [9.17, 15) is 9.59 Å². The number of ether oxygens (including phenoxy) is 1. The summed E-state index contributed by atoms with van der Waals surface area (Å²) in [5.41, 5.74) is 1.93. The number of carbonyl (C=O) groups excluding carboxylic acids is 2. The fourth-order valence-electron chi connectivity index (χ4n) is 3.24. The molecule has 1 aromatic rings. The number of methoxy groups -OCH3 is 1. The molecule has 0 saturated carbocycles. The summed E-state index contributed by atoms with van der Waals surface area (Å²) in [4.78, 5) is 26.1. The molecule has 1 aliphatic rings. The molecule has 2 rings (SSSR count). The summed E-state index contributed by atoms with van der Waals surface area (Å²) in [5.74, 6) is -0.0112. The summed E-state index contributed by atoms with van der Waals surface area (Å²) in [6.07, 6.45) is 3.93. The second kappa shape index (κ2) is 8.82. The van der Waals surface area contributed by atoms with Gasteiger partial charge in [0.15, 0.2) is 0 Å². The van der Waals surface area contributed by atoms with E-state index in [0.29, 0.717) is 6.54 Å². The van der Waals surface area contributed by atoms with Crippen molar-refractivity contribution in [2.75, 3.05) is 26.8 Å². The number of rotatable bonds is 7. The van der Waals surface area contributed by atoms with Gasteiger partial charge in [0.05, 0.1) is 5.69 Å². The Morgan fingerprint density at radius 2 is 2.17 bits per heavy atom. The van der Waals surface area contributed by atoms with Crippen molar-refractivity contribution < 1.29 is 14.3 Å². The molecule has 134 valence electrons. The van der Waals surface area contributed by atoms with Gasteiger partial charge < -0.3 is 15.0 Å². The minimum atomic E-state index is -0.117. The Labute approximate surface area is 143 Å². The fourth-order valence-corrected chi connectivity index (χ4v) is 3.24. The quantitative estimate of drug-likeness (QED) is 0.807. The van der Waals surface area contributed by atoms with Gasteiger partial charge >= 0.3 is 0 Å². The average Bonchev–Trinajstić information content (AvgIpc) is 2.85. The molecule has 0 spiro atoms. The van der Waals surface area contributed by atoms with Crippen LogP contribution < -0.4 is 5.32 Å². The van der Waals surface area contributed by atoms with E-state index in [1.165, 1.54) is 7.11 Å². The number of amides is 2. The number of hydrogen-bond acceptors (Lipinski definition) is 4. The number of likely N-dealkylation sites (tertiary alicyclic amines) is 1. The molecule has 1 aromatic heterocycles. The largest absolute Gasteiger partial charge is 0.375 e. The van der Waals surface area contributed by atoms with Crippen molar-refractivity contribution in [1.29, 1.82) is 0 Å². The van der Waals surface area contributed by atoms with Gasteiger partial charge in [0, 0.05) is 31.9 Å². The molecule has 0 bridgehead atoms. The van der Waals surface area contributed by atoms with E-state index in [1.54, 1.807) is 4.68 Å². The van der Waals surface area contributed by atoms with Crippen LogP contribution in [0.5, 0.6) is 0 Å². The van der Waals surface area contributed by atoms with E-state index in [-0.39, 0.29) is 31.0 Å². The summed E-state index contributed by atoms with van der Waals surface area (Å²) in [5, 5.41) is 7.21. The lowest BCUT2D eigenvalue weighted by molar-refractivity contribution is -0.135. The van der Waals surface area contributed by atoms with E-state index in [0.717, 1.165) is 43.6 Å². The highest BCUT2D eigenvalue weighted by Crippen LogP contribution is 2.20. The van der Waals surface area contributed by atoms with Gasteiger partial charge in [0.2, 0.25) is 11.8 Å². The van der Waals surface area contributed by atoms with Crippen molar-refractivity contribution >= 4 is 11.8 Å². The van der Waals surface area contributed by atoms with Crippen LogP contribution in [0.4, 0.5) is 0 Å². The lowest BCUT2D eigenvalue weighted by Crippen LogP contribution is -2.46. The molecule has 1 saturated heterocycles.